The molecule has 0 heterocycles. The van der Waals surface area contributed by atoms with Crippen molar-refractivity contribution in [2.75, 3.05) is 6.54 Å². The Balaban J connectivity index is 2.24. The molecule has 0 aromatic heterocycles. The molecule has 1 aliphatic rings. The molecule has 1 rings (SSSR count). The van der Waals surface area contributed by atoms with Gasteiger partial charge >= 0.3 is 0 Å². The smallest absolute Gasteiger partial charge is 0.0774 e. The van der Waals surface area contributed by atoms with E-state index in [2.05, 4.69) is 33.0 Å². The van der Waals surface area contributed by atoms with Gasteiger partial charge in [-0.25, -0.2) is 0 Å². The fourth-order valence-electron chi connectivity index (χ4n) is 2.84. The van der Waals surface area contributed by atoms with Crippen molar-refractivity contribution in [1.82, 2.24) is 5.32 Å². The van der Waals surface area contributed by atoms with Crippen LogP contribution in [0, 0.1) is 11.8 Å². The molecule has 3 atom stereocenters. The van der Waals surface area contributed by atoms with Gasteiger partial charge in [0.15, 0.2) is 0 Å². The zero-order chi connectivity index (χ0) is 12.9. The highest BCUT2D eigenvalue weighted by Gasteiger charge is 2.32. The second-order valence-electron chi connectivity index (χ2n) is 6.68. The van der Waals surface area contributed by atoms with E-state index in [0.717, 1.165) is 25.3 Å². The van der Waals surface area contributed by atoms with E-state index in [9.17, 15) is 5.11 Å². The molecule has 2 nitrogen and oxygen atoms in total. The first kappa shape index (κ1) is 15.0. The maximum Gasteiger partial charge on any atom is 0.0774 e. The van der Waals surface area contributed by atoms with E-state index in [-0.39, 0.29) is 0 Å². The van der Waals surface area contributed by atoms with Crippen LogP contribution in [-0.4, -0.2) is 23.3 Å². The van der Waals surface area contributed by atoms with Crippen LogP contribution in [0.5, 0.6) is 0 Å². The Labute approximate surface area is 107 Å². The van der Waals surface area contributed by atoms with Crippen molar-refractivity contribution < 1.29 is 5.11 Å². The minimum atomic E-state index is -0.441. The van der Waals surface area contributed by atoms with E-state index in [1.165, 1.54) is 25.7 Å². The first-order chi connectivity index (χ1) is 7.91. The Morgan fingerprint density at radius 2 is 2.00 bits per heavy atom. The third-order valence-corrected chi connectivity index (χ3v) is 4.02. The van der Waals surface area contributed by atoms with Crippen LogP contribution in [0.1, 0.15) is 66.2 Å². The Morgan fingerprint density at radius 1 is 1.29 bits per heavy atom. The summed E-state index contributed by atoms with van der Waals surface area (Å²) < 4.78 is 0. The van der Waals surface area contributed by atoms with Crippen LogP contribution in [0.4, 0.5) is 0 Å². The van der Waals surface area contributed by atoms with E-state index >= 15 is 0 Å². The Kier molecular flexibility index (Phi) is 5.94. The maximum atomic E-state index is 10.5. The van der Waals surface area contributed by atoms with Crippen molar-refractivity contribution in [3.8, 4) is 0 Å². The molecule has 17 heavy (non-hydrogen) atoms. The predicted octanol–water partition coefficient (Wildman–Crippen LogP) is 3.34. The Bertz CT molecular complexity index is 217. The summed E-state index contributed by atoms with van der Waals surface area (Å²) in [5, 5.41) is 14.0. The third-order valence-electron chi connectivity index (χ3n) is 4.02. The molecular weight excluding hydrogens is 210 g/mol. The molecule has 1 saturated carbocycles. The molecule has 0 aliphatic heterocycles. The summed E-state index contributed by atoms with van der Waals surface area (Å²) in [5.41, 5.74) is -0.441. The maximum absolute atomic E-state index is 10.5. The fourth-order valence-corrected chi connectivity index (χ4v) is 2.84. The number of hydrogen-bond donors (Lipinski definition) is 2. The molecule has 3 unspecified atom stereocenters. The van der Waals surface area contributed by atoms with Crippen molar-refractivity contribution >= 4 is 0 Å². The normalized spacial score (nSPS) is 31.8. The van der Waals surface area contributed by atoms with Gasteiger partial charge in [0, 0.05) is 12.6 Å². The van der Waals surface area contributed by atoms with E-state index in [1.54, 1.807) is 0 Å². The molecular formula is C15H31NO. The van der Waals surface area contributed by atoms with E-state index < -0.39 is 5.60 Å². The lowest BCUT2D eigenvalue weighted by molar-refractivity contribution is -0.0136. The second kappa shape index (κ2) is 6.75. The van der Waals surface area contributed by atoms with Gasteiger partial charge in [0.25, 0.3) is 0 Å². The van der Waals surface area contributed by atoms with Gasteiger partial charge in [-0.2, -0.15) is 0 Å². The summed E-state index contributed by atoms with van der Waals surface area (Å²) >= 11 is 0. The summed E-state index contributed by atoms with van der Waals surface area (Å²) in [4.78, 5) is 0. The number of rotatable bonds is 6. The summed E-state index contributed by atoms with van der Waals surface area (Å²) in [6, 6.07) is 0.527. The molecule has 102 valence electrons. The highest BCUT2D eigenvalue weighted by molar-refractivity contribution is 4.87. The number of aliphatic hydroxyl groups is 1. The Morgan fingerprint density at radius 3 is 2.59 bits per heavy atom. The quantitative estimate of drug-likeness (QED) is 0.747. The lowest BCUT2D eigenvalue weighted by atomic mass is 9.79. The summed E-state index contributed by atoms with van der Waals surface area (Å²) in [7, 11) is 0. The SMILES string of the molecule is CC(C)CCC(C)NCC1(O)CCCC(C)C1. The second-order valence-corrected chi connectivity index (χ2v) is 6.68. The Hall–Kier alpha value is -0.0800. The number of nitrogens with one attached hydrogen (secondary N) is 1. The standard InChI is InChI=1S/C15H31NO/c1-12(2)7-8-14(4)16-11-15(17)9-5-6-13(3)10-15/h12-14,16-17H,5-11H2,1-4H3. The average Bonchev–Trinajstić information content (AvgIpc) is 2.23. The van der Waals surface area contributed by atoms with Gasteiger partial charge in [-0.3, -0.25) is 0 Å². The average molecular weight is 241 g/mol. The minimum Gasteiger partial charge on any atom is -0.389 e. The van der Waals surface area contributed by atoms with Crippen LogP contribution < -0.4 is 5.32 Å². The fraction of sp³-hybridized carbons (Fsp3) is 1.00. The molecule has 0 radical (unpaired) electrons. The lowest BCUT2D eigenvalue weighted by Gasteiger charge is -2.36. The molecule has 2 heteroatoms. The monoisotopic (exact) mass is 241 g/mol. The van der Waals surface area contributed by atoms with Crippen molar-refractivity contribution in [3.63, 3.8) is 0 Å². The topological polar surface area (TPSA) is 32.3 Å². The predicted molar refractivity (Wildman–Crippen MR) is 74.1 cm³/mol. The van der Waals surface area contributed by atoms with Crippen molar-refractivity contribution in [2.24, 2.45) is 11.8 Å². The van der Waals surface area contributed by atoms with Crippen molar-refractivity contribution in [2.45, 2.75) is 77.9 Å². The minimum absolute atomic E-state index is 0.441. The number of hydrogen-bond acceptors (Lipinski definition) is 2. The lowest BCUT2D eigenvalue weighted by Crippen LogP contribution is -2.46. The molecule has 1 aliphatic carbocycles. The molecule has 0 spiro atoms. The van der Waals surface area contributed by atoms with Crippen LogP contribution in [0.2, 0.25) is 0 Å². The van der Waals surface area contributed by atoms with Gasteiger partial charge in [0.1, 0.15) is 0 Å². The highest BCUT2D eigenvalue weighted by atomic mass is 16.3. The summed E-state index contributed by atoms with van der Waals surface area (Å²) in [5.74, 6) is 1.46. The van der Waals surface area contributed by atoms with E-state index in [0.29, 0.717) is 12.0 Å². The first-order valence-electron chi connectivity index (χ1n) is 7.37. The molecule has 0 amide bonds. The van der Waals surface area contributed by atoms with Crippen LogP contribution in [0.3, 0.4) is 0 Å². The van der Waals surface area contributed by atoms with E-state index in [4.69, 9.17) is 0 Å². The molecule has 0 bridgehead atoms. The van der Waals surface area contributed by atoms with Crippen LogP contribution in [0.25, 0.3) is 0 Å². The van der Waals surface area contributed by atoms with Crippen LogP contribution in [-0.2, 0) is 0 Å². The highest BCUT2D eigenvalue weighted by Crippen LogP contribution is 2.31. The summed E-state index contributed by atoms with van der Waals surface area (Å²) in [6.07, 6.45) is 6.88. The van der Waals surface area contributed by atoms with Crippen LogP contribution >= 0.6 is 0 Å². The zero-order valence-corrected chi connectivity index (χ0v) is 12.1. The largest absolute Gasteiger partial charge is 0.389 e. The van der Waals surface area contributed by atoms with Crippen molar-refractivity contribution in [1.29, 1.82) is 0 Å². The van der Waals surface area contributed by atoms with Gasteiger partial charge in [-0.05, 0) is 44.4 Å². The molecule has 0 aromatic carbocycles. The third kappa shape index (κ3) is 5.87. The summed E-state index contributed by atoms with van der Waals surface area (Å²) in [6.45, 7) is 9.80. The van der Waals surface area contributed by atoms with Crippen molar-refractivity contribution in [3.05, 3.63) is 0 Å². The molecule has 0 aromatic rings. The molecule has 0 saturated heterocycles. The first-order valence-corrected chi connectivity index (χ1v) is 7.37. The van der Waals surface area contributed by atoms with Gasteiger partial charge in [-0.1, -0.05) is 33.6 Å². The van der Waals surface area contributed by atoms with Gasteiger partial charge < -0.3 is 10.4 Å². The van der Waals surface area contributed by atoms with Gasteiger partial charge in [0.2, 0.25) is 0 Å². The zero-order valence-electron chi connectivity index (χ0n) is 12.1. The van der Waals surface area contributed by atoms with Gasteiger partial charge in [0.05, 0.1) is 5.60 Å². The molecule has 1 fully saturated rings. The van der Waals surface area contributed by atoms with Crippen LogP contribution in [0.15, 0.2) is 0 Å². The molecule has 2 N–H and O–H groups in total. The van der Waals surface area contributed by atoms with Gasteiger partial charge in [-0.15, -0.1) is 0 Å². The van der Waals surface area contributed by atoms with E-state index in [1.807, 2.05) is 0 Å².